The molecule has 3 N–H and O–H groups in total. The number of benzene rings is 3. The van der Waals surface area contributed by atoms with Crippen molar-refractivity contribution in [2.75, 3.05) is 63.5 Å². The van der Waals surface area contributed by atoms with Gasteiger partial charge in [-0.25, -0.2) is 0 Å². The highest BCUT2D eigenvalue weighted by molar-refractivity contribution is 6.04. The van der Waals surface area contributed by atoms with Gasteiger partial charge in [-0.15, -0.1) is 0 Å². The SMILES string of the molecule is Cc1ccc(C(=O)Nc2ccc(OCCN3CCCC3)c(-c3ccnn3C)c2)cc1.Cn1nccc1-c1cc(N)ccc1OCCN1CCCC1. The monoisotopic (exact) mass is 690 g/mol. The zero-order chi connectivity index (χ0) is 35.6. The highest BCUT2D eigenvalue weighted by atomic mass is 16.5. The summed E-state index contributed by atoms with van der Waals surface area (Å²) in [5.41, 5.74) is 13.0. The van der Waals surface area contributed by atoms with E-state index in [1.165, 1.54) is 38.8 Å². The van der Waals surface area contributed by atoms with Crippen LogP contribution in [0.3, 0.4) is 0 Å². The van der Waals surface area contributed by atoms with Gasteiger partial charge in [-0.2, -0.15) is 10.2 Å². The maximum atomic E-state index is 12.6. The van der Waals surface area contributed by atoms with Crippen LogP contribution in [-0.2, 0) is 14.1 Å². The van der Waals surface area contributed by atoms with E-state index in [0.29, 0.717) is 18.8 Å². The van der Waals surface area contributed by atoms with Crippen molar-refractivity contribution >= 4 is 17.3 Å². The number of nitrogens with two attached hydrogens (primary N) is 1. The van der Waals surface area contributed by atoms with Crippen molar-refractivity contribution in [1.82, 2.24) is 29.4 Å². The van der Waals surface area contributed by atoms with Crippen molar-refractivity contribution in [2.45, 2.75) is 32.6 Å². The van der Waals surface area contributed by atoms with Gasteiger partial charge in [0.1, 0.15) is 24.7 Å². The summed E-state index contributed by atoms with van der Waals surface area (Å²) in [5.74, 6) is 1.53. The van der Waals surface area contributed by atoms with Gasteiger partial charge in [0.15, 0.2) is 0 Å². The molecule has 0 bridgehead atoms. The first kappa shape index (κ1) is 35.7. The quantitative estimate of drug-likeness (QED) is 0.147. The van der Waals surface area contributed by atoms with Crippen molar-refractivity contribution in [2.24, 2.45) is 14.1 Å². The molecule has 1 amide bonds. The number of anilines is 2. The van der Waals surface area contributed by atoms with Crippen LogP contribution in [0.5, 0.6) is 11.5 Å². The fourth-order valence-corrected chi connectivity index (χ4v) is 6.57. The zero-order valence-corrected chi connectivity index (χ0v) is 30.1. The number of rotatable bonds is 12. The molecule has 2 aliphatic heterocycles. The van der Waals surface area contributed by atoms with Crippen LogP contribution in [0.15, 0.2) is 85.2 Å². The number of likely N-dealkylation sites (tertiary alicyclic amines) is 2. The summed E-state index contributed by atoms with van der Waals surface area (Å²) >= 11 is 0. The normalized spacial score (nSPS) is 14.6. The Morgan fingerprint density at radius 2 is 1.22 bits per heavy atom. The molecule has 0 atom stereocenters. The van der Waals surface area contributed by atoms with Gasteiger partial charge in [-0.05, 0) is 119 Å². The fourth-order valence-electron chi connectivity index (χ4n) is 6.57. The van der Waals surface area contributed by atoms with Gasteiger partial charge in [0.2, 0.25) is 0 Å². The van der Waals surface area contributed by atoms with Gasteiger partial charge >= 0.3 is 0 Å². The van der Waals surface area contributed by atoms with Crippen LogP contribution < -0.4 is 20.5 Å². The molecule has 51 heavy (non-hydrogen) atoms. The number of nitrogen functional groups attached to an aromatic ring is 1. The third-order valence-corrected chi connectivity index (χ3v) is 9.48. The van der Waals surface area contributed by atoms with E-state index >= 15 is 0 Å². The topological polar surface area (TPSA) is 116 Å². The fraction of sp³-hybridized carbons (Fsp3) is 0.375. The second-order valence-electron chi connectivity index (χ2n) is 13.3. The van der Waals surface area contributed by atoms with Crippen molar-refractivity contribution in [3.8, 4) is 34.0 Å². The van der Waals surface area contributed by atoms with Gasteiger partial charge in [0.05, 0.1) is 11.4 Å². The molecule has 2 aromatic heterocycles. The molecule has 2 aliphatic rings. The molecule has 268 valence electrons. The third-order valence-electron chi connectivity index (χ3n) is 9.48. The van der Waals surface area contributed by atoms with Crippen LogP contribution >= 0.6 is 0 Å². The minimum absolute atomic E-state index is 0.131. The first-order valence-electron chi connectivity index (χ1n) is 17.9. The maximum absolute atomic E-state index is 12.6. The van der Waals surface area contributed by atoms with E-state index in [2.05, 4.69) is 25.3 Å². The molecule has 0 unspecified atom stereocenters. The van der Waals surface area contributed by atoms with Gasteiger partial charge in [-0.1, -0.05) is 17.7 Å². The molecule has 0 saturated carbocycles. The number of ether oxygens (including phenoxy) is 2. The predicted octanol–water partition coefficient (Wildman–Crippen LogP) is 6.27. The van der Waals surface area contributed by atoms with Crippen LogP contribution in [0.4, 0.5) is 11.4 Å². The van der Waals surface area contributed by atoms with E-state index < -0.39 is 0 Å². The Labute approximate surface area is 301 Å². The molecule has 3 aromatic carbocycles. The summed E-state index contributed by atoms with van der Waals surface area (Å²) in [5, 5.41) is 11.5. The zero-order valence-electron chi connectivity index (χ0n) is 30.1. The first-order chi connectivity index (χ1) is 24.8. The Morgan fingerprint density at radius 1 is 0.706 bits per heavy atom. The van der Waals surface area contributed by atoms with Gasteiger partial charge in [0, 0.05) is 67.6 Å². The number of carbonyl (C=O) groups excluding carboxylic acids is 1. The van der Waals surface area contributed by atoms with Crippen LogP contribution in [0.25, 0.3) is 22.5 Å². The van der Waals surface area contributed by atoms with Crippen molar-refractivity contribution < 1.29 is 14.3 Å². The number of carbonyl (C=O) groups is 1. The Kier molecular flexibility index (Phi) is 12.0. The van der Waals surface area contributed by atoms with E-state index in [1.54, 1.807) is 12.4 Å². The number of hydrogen-bond acceptors (Lipinski definition) is 8. The molecule has 0 aliphatic carbocycles. The predicted molar refractivity (Wildman–Crippen MR) is 203 cm³/mol. The maximum Gasteiger partial charge on any atom is 0.255 e. The summed E-state index contributed by atoms with van der Waals surface area (Å²) in [4.78, 5) is 17.5. The molecular weight excluding hydrogens is 640 g/mol. The van der Waals surface area contributed by atoms with Gasteiger partial charge in [0.25, 0.3) is 5.91 Å². The smallest absolute Gasteiger partial charge is 0.255 e. The lowest BCUT2D eigenvalue weighted by atomic mass is 10.1. The number of nitrogens with one attached hydrogen (secondary N) is 1. The number of hydrogen-bond donors (Lipinski definition) is 2. The second-order valence-corrected chi connectivity index (χ2v) is 13.3. The Bertz CT molecular complexity index is 1870. The summed E-state index contributed by atoms with van der Waals surface area (Å²) in [6.45, 7) is 9.95. The molecule has 2 saturated heterocycles. The van der Waals surface area contributed by atoms with Gasteiger partial charge in [-0.3, -0.25) is 24.0 Å². The minimum atomic E-state index is -0.131. The average Bonchev–Trinajstić information content (AvgIpc) is 3.97. The lowest BCUT2D eigenvalue weighted by molar-refractivity contribution is 0.102. The molecule has 4 heterocycles. The lowest BCUT2D eigenvalue weighted by Crippen LogP contribution is -2.25. The third kappa shape index (κ3) is 9.56. The van der Waals surface area contributed by atoms with Crippen molar-refractivity contribution in [3.63, 3.8) is 0 Å². The molecule has 0 radical (unpaired) electrons. The Morgan fingerprint density at radius 3 is 1.73 bits per heavy atom. The van der Waals surface area contributed by atoms with E-state index in [1.807, 2.05) is 103 Å². The van der Waals surface area contributed by atoms with Crippen LogP contribution in [0.1, 0.15) is 41.6 Å². The standard InChI is InChI=1S/C24H28N4O2.C16H22N4O/c1-18-5-7-19(8-6-18)24(29)26-20-9-10-23(30-16-15-28-13-3-4-14-28)21(17-20)22-11-12-25-27(22)2;1-19-15(6-7-18-19)14-12-13(17)4-5-16(14)21-11-10-20-8-2-3-9-20/h5-12,17H,3-4,13-16H2,1-2H3,(H,26,29);4-7,12H,2-3,8-11,17H2,1H3. The summed E-state index contributed by atoms with van der Waals surface area (Å²) in [6, 6.07) is 23.0. The average molecular weight is 691 g/mol. The second kappa shape index (κ2) is 17.2. The largest absolute Gasteiger partial charge is 0.492 e. The number of aromatic nitrogens is 4. The highest BCUT2D eigenvalue weighted by Gasteiger charge is 2.16. The van der Waals surface area contributed by atoms with E-state index in [4.69, 9.17) is 15.2 Å². The number of amides is 1. The minimum Gasteiger partial charge on any atom is -0.492 e. The molecule has 11 nitrogen and oxygen atoms in total. The molecule has 5 aromatic rings. The molecule has 2 fully saturated rings. The lowest BCUT2D eigenvalue weighted by Gasteiger charge is -2.17. The summed E-state index contributed by atoms with van der Waals surface area (Å²) < 4.78 is 15.8. The van der Waals surface area contributed by atoms with Crippen LogP contribution in [0.2, 0.25) is 0 Å². The van der Waals surface area contributed by atoms with Crippen LogP contribution in [-0.4, -0.2) is 87.8 Å². The number of nitrogens with zero attached hydrogens (tertiary/aromatic N) is 6. The molecular formula is C40H50N8O3. The Balaban J connectivity index is 0.000000187. The molecule has 0 spiro atoms. The first-order valence-corrected chi connectivity index (χ1v) is 17.9. The summed E-state index contributed by atoms with van der Waals surface area (Å²) in [6.07, 6.45) is 8.71. The van der Waals surface area contributed by atoms with Gasteiger partial charge < -0.3 is 20.5 Å². The highest BCUT2D eigenvalue weighted by Crippen LogP contribution is 2.33. The van der Waals surface area contributed by atoms with Crippen molar-refractivity contribution in [3.05, 3.63) is 96.3 Å². The molecule has 7 rings (SSSR count). The van der Waals surface area contributed by atoms with E-state index in [0.717, 1.165) is 77.1 Å². The Hall–Kier alpha value is -5.13. The summed E-state index contributed by atoms with van der Waals surface area (Å²) in [7, 11) is 3.83. The van der Waals surface area contributed by atoms with Crippen molar-refractivity contribution in [1.29, 1.82) is 0 Å². The van der Waals surface area contributed by atoms with Crippen LogP contribution in [0, 0.1) is 6.92 Å². The number of aryl methyl sites for hydroxylation is 3. The van der Waals surface area contributed by atoms with E-state index in [-0.39, 0.29) is 5.91 Å². The van der Waals surface area contributed by atoms with E-state index in [9.17, 15) is 4.79 Å². The molecule has 11 heteroatoms.